The zero-order chi connectivity index (χ0) is 37.9. The Bertz CT molecular complexity index is 850. The minimum Gasteiger partial charge on any atom is -0.756 e. The summed E-state index contributed by atoms with van der Waals surface area (Å²) in [6, 6.07) is -0.799. The molecule has 0 aliphatic carbocycles. The normalized spacial score (nSPS) is 14.6. The molecule has 9 heteroatoms. The van der Waals surface area contributed by atoms with Crippen LogP contribution in [-0.4, -0.2) is 68.5 Å². The summed E-state index contributed by atoms with van der Waals surface area (Å²) >= 11 is 0. The number of phosphoric ester groups is 1. The van der Waals surface area contributed by atoms with Crippen LogP contribution in [0.15, 0.2) is 12.2 Å². The lowest BCUT2D eigenvalue weighted by atomic mass is 10.0. The first-order valence-corrected chi connectivity index (χ1v) is 23.0. The second-order valence-electron chi connectivity index (χ2n) is 16.1. The van der Waals surface area contributed by atoms with E-state index >= 15 is 0 Å². The number of amides is 1. The number of rotatable bonds is 39. The SMILES string of the molecule is CCCCCCCC/C=C\CCCCCCCC(=O)NC(COP(=O)([O-])OCC[N+](C)(C)C)C(O)CCCCCCCCCCCCCCCC. The average Bonchev–Trinajstić information content (AvgIpc) is 3.07. The van der Waals surface area contributed by atoms with Gasteiger partial charge in [-0.25, -0.2) is 0 Å². The second kappa shape index (κ2) is 35.0. The van der Waals surface area contributed by atoms with Gasteiger partial charge in [-0.15, -0.1) is 0 Å². The quantitative estimate of drug-likeness (QED) is 0.0281. The molecular weight excluding hydrogens is 659 g/mol. The zero-order valence-corrected chi connectivity index (χ0v) is 35.2. The fourth-order valence-corrected chi connectivity index (χ4v) is 6.99. The third-order valence-corrected chi connectivity index (χ3v) is 10.7. The molecule has 0 aliphatic rings. The minimum atomic E-state index is -4.56. The number of likely N-dealkylation sites (N-methyl/N-ethyl adjacent to an activating group) is 1. The van der Waals surface area contributed by atoms with Crippen molar-refractivity contribution in [2.75, 3.05) is 40.9 Å². The third-order valence-electron chi connectivity index (χ3n) is 9.75. The number of quaternary nitrogens is 1. The van der Waals surface area contributed by atoms with Gasteiger partial charge in [-0.1, -0.05) is 167 Å². The Morgan fingerprint density at radius 3 is 1.53 bits per heavy atom. The molecule has 0 spiro atoms. The number of nitrogens with zero attached hydrogens (tertiary/aromatic N) is 1. The summed E-state index contributed by atoms with van der Waals surface area (Å²) < 4.78 is 23.2. The number of aliphatic hydroxyl groups excluding tert-OH is 1. The Morgan fingerprint density at radius 2 is 1.08 bits per heavy atom. The maximum atomic E-state index is 12.8. The van der Waals surface area contributed by atoms with Gasteiger partial charge in [-0.05, 0) is 38.5 Å². The smallest absolute Gasteiger partial charge is 0.268 e. The lowest BCUT2D eigenvalue weighted by Gasteiger charge is -2.30. The van der Waals surface area contributed by atoms with Crippen LogP contribution in [0.4, 0.5) is 0 Å². The molecule has 0 aromatic heterocycles. The van der Waals surface area contributed by atoms with E-state index in [1.807, 2.05) is 21.1 Å². The molecular formula is C42H85N2O6P. The van der Waals surface area contributed by atoms with Crippen LogP contribution < -0.4 is 10.2 Å². The first-order valence-electron chi connectivity index (χ1n) is 21.5. The highest BCUT2D eigenvalue weighted by Gasteiger charge is 2.24. The molecule has 0 heterocycles. The summed E-state index contributed by atoms with van der Waals surface area (Å²) in [6.07, 6.45) is 37.7. The van der Waals surface area contributed by atoms with Gasteiger partial charge >= 0.3 is 0 Å². The monoisotopic (exact) mass is 745 g/mol. The Balaban J connectivity index is 4.40. The van der Waals surface area contributed by atoms with Crippen LogP contribution in [-0.2, 0) is 18.4 Å². The predicted octanol–water partition coefficient (Wildman–Crippen LogP) is 10.9. The van der Waals surface area contributed by atoms with E-state index in [0.717, 1.165) is 51.4 Å². The highest BCUT2D eigenvalue weighted by atomic mass is 31.2. The Hall–Kier alpha value is -0.760. The van der Waals surface area contributed by atoms with E-state index in [1.165, 1.54) is 122 Å². The molecule has 0 aliphatic heterocycles. The molecule has 0 fully saturated rings. The van der Waals surface area contributed by atoms with E-state index in [-0.39, 0.29) is 19.1 Å². The number of aliphatic hydroxyl groups is 1. The van der Waals surface area contributed by atoms with Crippen molar-refractivity contribution in [2.45, 2.75) is 212 Å². The number of carbonyl (C=O) groups excluding carboxylic acids is 1. The second-order valence-corrected chi connectivity index (χ2v) is 17.5. The first-order chi connectivity index (χ1) is 24.5. The molecule has 1 amide bonds. The minimum absolute atomic E-state index is 0.0123. The summed E-state index contributed by atoms with van der Waals surface area (Å²) in [5.74, 6) is -0.173. The molecule has 0 rings (SSSR count). The fraction of sp³-hybridized carbons (Fsp3) is 0.929. The predicted molar refractivity (Wildman–Crippen MR) is 215 cm³/mol. The van der Waals surface area contributed by atoms with E-state index in [0.29, 0.717) is 23.9 Å². The molecule has 0 bridgehead atoms. The van der Waals surface area contributed by atoms with Crippen LogP contribution in [0, 0.1) is 0 Å². The van der Waals surface area contributed by atoms with E-state index in [9.17, 15) is 19.4 Å². The van der Waals surface area contributed by atoms with Crippen LogP contribution >= 0.6 is 7.82 Å². The van der Waals surface area contributed by atoms with Crippen LogP contribution in [0.2, 0.25) is 0 Å². The zero-order valence-electron chi connectivity index (χ0n) is 34.3. The summed E-state index contributed by atoms with van der Waals surface area (Å²) in [5.41, 5.74) is 0. The number of phosphoric acid groups is 1. The Kier molecular flexibility index (Phi) is 34.5. The number of nitrogens with one attached hydrogen (secondary N) is 1. The van der Waals surface area contributed by atoms with Crippen molar-refractivity contribution in [3.05, 3.63) is 12.2 Å². The van der Waals surface area contributed by atoms with E-state index < -0.39 is 20.0 Å². The number of allylic oxidation sites excluding steroid dienone is 2. The van der Waals surface area contributed by atoms with Crippen LogP contribution in [0.3, 0.4) is 0 Å². The van der Waals surface area contributed by atoms with Gasteiger partial charge < -0.3 is 28.8 Å². The van der Waals surface area contributed by atoms with Gasteiger partial charge in [-0.3, -0.25) is 9.36 Å². The van der Waals surface area contributed by atoms with E-state index in [4.69, 9.17) is 9.05 Å². The number of hydrogen-bond donors (Lipinski definition) is 2. The molecule has 0 saturated carbocycles. The van der Waals surface area contributed by atoms with Crippen LogP contribution in [0.5, 0.6) is 0 Å². The van der Waals surface area contributed by atoms with E-state index in [2.05, 4.69) is 31.3 Å². The number of hydrogen-bond acceptors (Lipinski definition) is 6. The van der Waals surface area contributed by atoms with E-state index in [1.54, 1.807) is 0 Å². The molecule has 2 N–H and O–H groups in total. The molecule has 0 aromatic carbocycles. The van der Waals surface area contributed by atoms with Gasteiger partial charge in [0.15, 0.2) is 0 Å². The van der Waals surface area contributed by atoms with Crippen LogP contribution in [0.25, 0.3) is 0 Å². The summed E-state index contributed by atoms with van der Waals surface area (Å²) in [4.78, 5) is 25.3. The fourth-order valence-electron chi connectivity index (χ4n) is 6.27. The maximum absolute atomic E-state index is 12.8. The van der Waals surface area contributed by atoms with Gasteiger partial charge in [0.2, 0.25) is 5.91 Å². The molecule has 0 radical (unpaired) electrons. The van der Waals surface area contributed by atoms with Crippen molar-refractivity contribution in [1.29, 1.82) is 0 Å². The molecule has 51 heavy (non-hydrogen) atoms. The summed E-state index contributed by atoms with van der Waals surface area (Å²) in [7, 11) is 1.30. The van der Waals surface area contributed by atoms with Gasteiger partial charge in [-0.2, -0.15) is 0 Å². The molecule has 3 unspecified atom stereocenters. The summed E-state index contributed by atoms with van der Waals surface area (Å²) in [6.45, 7) is 4.71. The van der Waals surface area contributed by atoms with Crippen molar-refractivity contribution < 1.29 is 32.9 Å². The topological polar surface area (TPSA) is 108 Å². The van der Waals surface area contributed by atoms with Crippen molar-refractivity contribution in [3.63, 3.8) is 0 Å². The molecule has 3 atom stereocenters. The van der Waals surface area contributed by atoms with Gasteiger partial charge in [0.1, 0.15) is 13.2 Å². The highest BCUT2D eigenvalue weighted by Crippen LogP contribution is 2.38. The maximum Gasteiger partial charge on any atom is 0.268 e. The van der Waals surface area contributed by atoms with Crippen molar-refractivity contribution in [1.82, 2.24) is 5.32 Å². The van der Waals surface area contributed by atoms with Gasteiger partial charge in [0, 0.05) is 6.42 Å². The Morgan fingerprint density at radius 1 is 0.667 bits per heavy atom. The van der Waals surface area contributed by atoms with Crippen molar-refractivity contribution in [3.8, 4) is 0 Å². The standard InChI is InChI=1S/C42H85N2O6P/c1-6-8-10-12-14-16-18-20-22-24-26-28-30-32-34-36-42(46)43-40(39-50-51(47,48)49-38-37-44(3,4)5)41(45)35-33-31-29-27-25-23-21-19-17-15-13-11-9-7-2/h20,22,40-41,45H,6-19,21,23-39H2,1-5H3,(H-,43,46,47,48)/b22-20-. The number of carbonyl (C=O) groups is 1. The third kappa shape index (κ3) is 37.4. The molecule has 304 valence electrons. The van der Waals surface area contributed by atoms with Crippen LogP contribution in [0.1, 0.15) is 200 Å². The lowest BCUT2D eigenvalue weighted by Crippen LogP contribution is -2.46. The average molecular weight is 745 g/mol. The van der Waals surface area contributed by atoms with Crippen molar-refractivity contribution in [2.24, 2.45) is 0 Å². The molecule has 0 aromatic rings. The largest absolute Gasteiger partial charge is 0.756 e. The molecule has 0 saturated heterocycles. The lowest BCUT2D eigenvalue weighted by molar-refractivity contribution is -0.870. The number of unbranched alkanes of at least 4 members (excludes halogenated alkanes) is 24. The molecule has 8 nitrogen and oxygen atoms in total. The highest BCUT2D eigenvalue weighted by molar-refractivity contribution is 7.45. The van der Waals surface area contributed by atoms with Crippen molar-refractivity contribution >= 4 is 13.7 Å². The van der Waals surface area contributed by atoms with Gasteiger partial charge in [0.05, 0.1) is 39.9 Å². The first kappa shape index (κ1) is 50.2. The summed E-state index contributed by atoms with van der Waals surface area (Å²) in [5, 5.41) is 13.9. The van der Waals surface area contributed by atoms with Gasteiger partial charge in [0.25, 0.3) is 7.82 Å². The Labute approximate surface area is 316 Å².